The molecule has 1 unspecified atom stereocenters. The van der Waals surface area contributed by atoms with Gasteiger partial charge >= 0.3 is 0 Å². The Bertz CT molecular complexity index is 118. The lowest BCUT2D eigenvalue weighted by Crippen LogP contribution is -2.27. The van der Waals surface area contributed by atoms with E-state index in [0.29, 0.717) is 6.04 Å². The van der Waals surface area contributed by atoms with Crippen LogP contribution in [0.2, 0.25) is 0 Å². The summed E-state index contributed by atoms with van der Waals surface area (Å²) in [5.74, 6) is 0.720. The maximum Gasteiger partial charge on any atom is 0.0540 e. The monoisotopic (exact) mass is 126 g/mol. The van der Waals surface area contributed by atoms with Crippen molar-refractivity contribution in [3.63, 3.8) is 0 Å². The topological polar surface area (TPSA) is 15.6 Å². The minimum absolute atomic E-state index is 0.644. The molecule has 0 spiro atoms. The quantitative estimate of drug-likeness (QED) is 0.517. The summed E-state index contributed by atoms with van der Waals surface area (Å²) in [6, 6.07) is 0.644. The summed E-state index contributed by atoms with van der Waals surface area (Å²) >= 11 is 0. The van der Waals surface area contributed by atoms with Crippen LogP contribution >= 0.6 is 0 Å². The van der Waals surface area contributed by atoms with Crippen LogP contribution in [0.3, 0.4) is 0 Å². The molecule has 0 aliphatic carbocycles. The first-order valence-corrected chi connectivity index (χ1v) is 3.47. The summed E-state index contributed by atoms with van der Waals surface area (Å²) in [6.45, 7) is 4.46. The van der Waals surface area contributed by atoms with E-state index in [2.05, 4.69) is 18.9 Å². The fourth-order valence-corrected chi connectivity index (χ4v) is 1.23. The van der Waals surface area contributed by atoms with Gasteiger partial charge in [-0.25, -0.2) is 0 Å². The molecule has 1 atom stereocenters. The molecule has 2 nitrogen and oxygen atoms in total. The molecule has 0 aromatic carbocycles. The van der Waals surface area contributed by atoms with E-state index in [1.54, 1.807) is 0 Å². The predicted octanol–water partition coefficient (Wildman–Crippen LogP) is 1.33. The normalized spacial score (nSPS) is 26.2. The fraction of sp³-hybridized carbons (Fsp3) is 0.857. The third-order valence-electron chi connectivity index (χ3n) is 1.86. The number of rotatable bonds is 1. The Morgan fingerprint density at radius 3 is 2.56 bits per heavy atom. The lowest BCUT2D eigenvalue weighted by molar-refractivity contribution is 0.228. The second-order valence-electron chi connectivity index (χ2n) is 2.92. The third kappa shape index (κ3) is 1.23. The Balaban J connectivity index is 2.45. The molecule has 1 aliphatic rings. The lowest BCUT2D eigenvalue weighted by atomic mass is 10.0. The maximum atomic E-state index is 4.15. The van der Waals surface area contributed by atoms with E-state index in [0.717, 1.165) is 12.3 Å². The van der Waals surface area contributed by atoms with Gasteiger partial charge in [-0.05, 0) is 5.92 Å². The number of hydrogen-bond donors (Lipinski definition) is 0. The van der Waals surface area contributed by atoms with E-state index in [9.17, 15) is 0 Å². The molecule has 9 heavy (non-hydrogen) atoms. The van der Waals surface area contributed by atoms with Crippen LogP contribution < -0.4 is 0 Å². The Hall–Kier alpha value is -0.530. The van der Waals surface area contributed by atoms with Gasteiger partial charge in [0.15, 0.2) is 0 Å². The molecular weight excluding hydrogens is 112 g/mol. The van der Waals surface area contributed by atoms with E-state index >= 15 is 0 Å². The summed E-state index contributed by atoms with van der Waals surface area (Å²) < 4.78 is 0. The molecule has 0 radical (unpaired) electrons. The van der Waals surface area contributed by atoms with Crippen molar-refractivity contribution in [2.24, 2.45) is 11.0 Å². The van der Waals surface area contributed by atoms with Gasteiger partial charge in [0.1, 0.15) is 0 Å². The van der Waals surface area contributed by atoms with Crippen LogP contribution in [0.1, 0.15) is 20.3 Å². The first kappa shape index (κ1) is 6.59. The highest BCUT2D eigenvalue weighted by molar-refractivity contribution is 5.59. The van der Waals surface area contributed by atoms with Crippen LogP contribution in [0.25, 0.3) is 0 Å². The molecule has 0 bridgehead atoms. The van der Waals surface area contributed by atoms with E-state index in [1.807, 2.05) is 18.3 Å². The Labute approximate surface area is 56.5 Å². The number of hydrazone groups is 1. The SMILES string of the molecule is CC(C)C1CC=NN1C. The minimum Gasteiger partial charge on any atom is -0.297 e. The van der Waals surface area contributed by atoms with Crippen molar-refractivity contribution in [1.29, 1.82) is 0 Å². The second kappa shape index (κ2) is 2.38. The Morgan fingerprint density at radius 2 is 2.33 bits per heavy atom. The first-order valence-electron chi connectivity index (χ1n) is 3.47. The average Bonchev–Trinajstić information content (AvgIpc) is 2.13. The van der Waals surface area contributed by atoms with Crippen molar-refractivity contribution in [2.75, 3.05) is 7.05 Å². The van der Waals surface area contributed by atoms with Crippen molar-refractivity contribution in [1.82, 2.24) is 5.01 Å². The van der Waals surface area contributed by atoms with E-state index in [1.165, 1.54) is 0 Å². The summed E-state index contributed by atoms with van der Waals surface area (Å²) in [5.41, 5.74) is 0. The maximum absolute atomic E-state index is 4.15. The summed E-state index contributed by atoms with van der Waals surface area (Å²) in [4.78, 5) is 0. The van der Waals surface area contributed by atoms with Gasteiger partial charge in [-0.2, -0.15) is 5.10 Å². The largest absolute Gasteiger partial charge is 0.297 e. The fourth-order valence-electron chi connectivity index (χ4n) is 1.23. The van der Waals surface area contributed by atoms with Crippen LogP contribution in [0.15, 0.2) is 5.10 Å². The first-order chi connectivity index (χ1) is 4.22. The Morgan fingerprint density at radius 1 is 1.67 bits per heavy atom. The van der Waals surface area contributed by atoms with Gasteiger partial charge in [0, 0.05) is 19.7 Å². The molecule has 2 heteroatoms. The van der Waals surface area contributed by atoms with Gasteiger partial charge in [0.2, 0.25) is 0 Å². The molecule has 0 amide bonds. The molecule has 1 aliphatic heterocycles. The van der Waals surface area contributed by atoms with Gasteiger partial charge in [-0.3, -0.25) is 5.01 Å². The Kier molecular flexibility index (Phi) is 1.74. The molecule has 0 saturated heterocycles. The van der Waals surface area contributed by atoms with Crippen LogP contribution in [0, 0.1) is 5.92 Å². The summed E-state index contributed by atoms with van der Waals surface area (Å²) in [6.07, 6.45) is 3.11. The van der Waals surface area contributed by atoms with Crippen LogP contribution in [-0.4, -0.2) is 24.3 Å². The van der Waals surface area contributed by atoms with Crippen LogP contribution in [0.5, 0.6) is 0 Å². The molecule has 0 aromatic rings. The molecule has 0 aromatic heterocycles. The molecule has 0 fully saturated rings. The molecule has 1 rings (SSSR count). The van der Waals surface area contributed by atoms with Crippen molar-refractivity contribution in [2.45, 2.75) is 26.3 Å². The zero-order chi connectivity index (χ0) is 6.85. The van der Waals surface area contributed by atoms with Crippen molar-refractivity contribution in [3.05, 3.63) is 0 Å². The van der Waals surface area contributed by atoms with Crippen molar-refractivity contribution >= 4 is 6.21 Å². The standard InChI is InChI=1S/C7H14N2/c1-6(2)7-4-5-8-9(7)3/h5-7H,4H2,1-3H3. The minimum atomic E-state index is 0.644. The molecule has 1 heterocycles. The van der Waals surface area contributed by atoms with E-state index in [-0.39, 0.29) is 0 Å². The molecule has 0 N–H and O–H groups in total. The molecule has 52 valence electrons. The van der Waals surface area contributed by atoms with E-state index < -0.39 is 0 Å². The highest BCUT2D eigenvalue weighted by atomic mass is 15.5. The number of nitrogens with zero attached hydrogens (tertiary/aromatic N) is 2. The highest BCUT2D eigenvalue weighted by Gasteiger charge is 2.19. The van der Waals surface area contributed by atoms with Gasteiger partial charge in [-0.1, -0.05) is 13.8 Å². The van der Waals surface area contributed by atoms with Crippen LogP contribution in [-0.2, 0) is 0 Å². The lowest BCUT2D eigenvalue weighted by Gasteiger charge is -2.21. The summed E-state index contributed by atoms with van der Waals surface area (Å²) in [7, 11) is 2.04. The number of hydrogen-bond acceptors (Lipinski definition) is 2. The van der Waals surface area contributed by atoms with Gasteiger partial charge in [0.25, 0.3) is 0 Å². The van der Waals surface area contributed by atoms with Crippen LogP contribution in [0.4, 0.5) is 0 Å². The van der Waals surface area contributed by atoms with E-state index in [4.69, 9.17) is 0 Å². The smallest absolute Gasteiger partial charge is 0.0540 e. The molecule has 0 saturated carbocycles. The third-order valence-corrected chi connectivity index (χ3v) is 1.86. The van der Waals surface area contributed by atoms with Gasteiger partial charge < -0.3 is 0 Å². The zero-order valence-electron chi connectivity index (χ0n) is 6.33. The van der Waals surface area contributed by atoms with Gasteiger partial charge in [0.05, 0.1) is 6.04 Å². The zero-order valence-corrected chi connectivity index (χ0v) is 6.33. The predicted molar refractivity (Wildman–Crippen MR) is 39.5 cm³/mol. The highest BCUT2D eigenvalue weighted by Crippen LogP contribution is 2.15. The second-order valence-corrected chi connectivity index (χ2v) is 2.92. The summed E-state index contributed by atoms with van der Waals surface area (Å²) in [5, 5.41) is 6.19. The average molecular weight is 126 g/mol. The van der Waals surface area contributed by atoms with Gasteiger partial charge in [-0.15, -0.1) is 0 Å². The van der Waals surface area contributed by atoms with Crippen molar-refractivity contribution in [3.8, 4) is 0 Å². The molecular formula is C7H14N2. The van der Waals surface area contributed by atoms with Crippen molar-refractivity contribution < 1.29 is 0 Å².